The minimum Gasteiger partial charge on any atom is -0.378 e. The van der Waals surface area contributed by atoms with Gasteiger partial charge < -0.3 is 5.73 Å². The van der Waals surface area contributed by atoms with Crippen molar-refractivity contribution >= 4 is 39.2 Å². The van der Waals surface area contributed by atoms with E-state index in [1.165, 1.54) is 10.8 Å². The quantitative estimate of drug-likeness (QED) is 0.418. The zero-order valence-electron chi connectivity index (χ0n) is 6.09. The van der Waals surface area contributed by atoms with Crippen LogP contribution in [0.25, 0.3) is 0 Å². The van der Waals surface area contributed by atoms with Gasteiger partial charge in [-0.1, -0.05) is 24.6 Å². The van der Waals surface area contributed by atoms with Crippen molar-refractivity contribution < 1.29 is 0 Å². The van der Waals surface area contributed by atoms with Crippen molar-refractivity contribution in [2.24, 2.45) is 5.73 Å². The molecular weight excluding hydrogens is 188 g/mol. The maximum Gasteiger partial charge on any atom is 0.161 e. The molecule has 0 aromatic heterocycles. The summed E-state index contributed by atoms with van der Waals surface area (Å²) < 4.78 is 0. The van der Waals surface area contributed by atoms with Crippen LogP contribution in [-0.4, -0.2) is 10.4 Å². The lowest BCUT2D eigenvalue weighted by Gasteiger charge is -2.03. The van der Waals surface area contributed by atoms with E-state index in [4.69, 9.17) is 11.1 Å². The van der Waals surface area contributed by atoms with E-state index in [1.807, 2.05) is 0 Å². The van der Waals surface area contributed by atoms with Crippen LogP contribution in [0.15, 0.2) is 0 Å². The lowest BCUT2D eigenvalue weighted by Crippen LogP contribution is -2.02. The molecule has 0 bridgehead atoms. The molecule has 0 aliphatic rings. The van der Waals surface area contributed by atoms with Crippen molar-refractivity contribution in [3.63, 3.8) is 0 Å². The smallest absolute Gasteiger partial charge is 0.161 e. The third-order valence-corrected chi connectivity index (χ3v) is 3.63. The van der Waals surface area contributed by atoms with Gasteiger partial charge in [0.05, 0.1) is 0 Å². The van der Waals surface area contributed by atoms with Crippen molar-refractivity contribution in [2.45, 2.75) is 25.5 Å². The maximum absolute atomic E-state index is 6.88. The Bertz CT molecular complexity index is 99.6. The predicted molar refractivity (Wildman–Crippen MR) is 54.1 cm³/mol. The van der Waals surface area contributed by atoms with Gasteiger partial charge in [0.25, 0.3) is 0 Å². The highest BCUT2D eigenvalue weighted by Gasteiger charge is 1.99. The molecule has 0 aromatic carbocycles. The number of hydrogen-bond acceptors (Lipinski definition) is 3. The molecule has 1 unspecified atom stereocenters. The molecule has 0 spiro atoms. The van der Waals surface area contributed by atoms with Crippen LogP contribution in [0, 0.1) is 5.41 Å². The van der Waals surface area contributed by atoms with Gasteiger partial charge in [-0.05, 0) is 17.2 Å². The Balaban J connectivity index is 0. The number of amidine groups is 1. The molecule has 3 N–H and O–H groups in total. The molecular formula is C5H13ClN2S2. The third-order valence-electron chi connectivity index (χ3n) is 0.877. The Hall–Kier alpha value is 0.460. The van der Waals surface area contributed by atoms with Gasteiger partial charge in [-0.3, -0.25) is 5.41 Å². The normalized spacial score (nSPS) is 11.8. The molecule has 0 radical (unpaired) electrons. The molecule has 5 heteroatoms. The minimum absolute atomic E-state index is 0. The summed E-state index contributed by atoms with van der Waals surface area (Å²) in [6, 6.07) is 0. The highest BCUT2D eigenvalue weighted by molar-refractivity contribution is 8.82. The highest BCUT2D eigenvalue weighted by atomic mass is 35.5. The molecule has 0 heterocycles. The number of hydrogen-bond donors (Lipinski definition) is 2. The van der Waals surface area contributed by atoms with E-state index in [1.54, 1.807) is 10.8 Å². The largest absolute Gasteiger partial charge is 0.378 e. The zero-order valence-corrected chi connectivity index (χ0v) is 8.54. The van der Waals surface area contributed by atoms with E-state index in [9.17, 15) is 0 Å². The van der Waals surface area contributed by atoms with E-state index in [2.05, 4.69) is 13.8 Å². The Morgan fingerprint density at radius 2 is 2.20 bits per heavy atom. The van der Waals surface area contributed by atoms with Crippen molar-refractivity contribution in [3.05, 3.63) is 0 Å². The summed E-state index contributed by atoms with van der Waals surface area (Å²) in [6.07, 6.45) is 1.13. The Morgan fingerprint density at radius 1 is 1.70 bits per heavy atom. The number of nitrogens with one attached hydrogen (secondary N) is 1. The van der Waals surface area contributed by atoms with Crippen LogP contribution in [-0.2, 0) is 0 Å². The molecule has 0 fully saturated rings. The first-order chi connectivity index (χ1) is 4.16. The summed E-state index contributed by atoms with van der Waals surface area (Å²) in [4.78, 5) is 0. The van der Waals surface area contributed by atoms with Crippen molar-refractivity contribution in [2.75, 3.05) is 0 Å². The molecule has 0 amide bonds. The fourth-order valence-corrected chi connectivity index (χ4v) is 1.82. The van der Waals surface area contributed by atoms with Gasteiger partial charge in [0.1, 0.15) is 0 Å². The average molecular weight is 201 g/mol. The first-order valence-corrected chi connectivity index (χ1v) is 5.05. The molecule has 0 aliphatic heterocycles. The molecule has 0 rings (SSSR count). The molecule has 62 valence electrons. The second kappa shape index (κ2) is 7.57. The summed E-state index contributed by atoms with van der Waals surface area (Å²) in [5.41, 5.74) is 5.12. The summed E-state index contributed by atoms with van der Waals surface area (Å²) >= 11 is 0. The first kappa shape index (κ1) is 13.1. The van der Waals surface area contributed by atoms with Crippen LogP contribution in [0.5, 0.6) is 0 Å². The van der Waals surface area contributed by atoms with Crippen LogP contribution in [0.3, 0.4) is 0 Å². The Morgan fingerprint density at radius 3 is 2.50 bits per heavy atom. The molecule has 0 saturated heterocycles. The summed E-state index contributed by atoms with van der Waals surface area (Å²) in [6.45, 7) is 4.25. The van der Waals surface area contributed by atoms with E-state index >= 15 is 0 Å². The van der Waals surface area contributed by atoms with Gasteiger partial charge in [-0.15, -0.1) is 12.4 Å². The summed E-state index contributed by atoms with van der Waals surface area (Å²) in [7, 11) is 2.99. The van der Waals surface area contributed by atoms with Crippen LogP contribution in [0.4, 0.5) is 0 Å². The highest BCUT2D eigenvalue weighted by Crippen LogP contribution is 2.27. The third kappa shape index (κ3) is 8.46. The van der Waals surface area contributed by atoms with Gasteiger partial charge >= 0.3 is 0 Å². The second-order valence-corrected chi connectivity index (χ2v) is 4.44. The van der Waals surface area contributed by atoms with Gasteiger partial charge in [0.2, 0.25) is 0 Å². The molecule has 0 saturated carbocycles. The van der Waals surface area contributed by atoms with Crippen LogP contribution >= 0.6 is 34.0 Å². The number of halogens is 1. The van der Waals surface area contributed by atoms with Crippen molar-refractivity contribution in [1.29, 1.82) is 5.41 Å². The standard InChI is InChI=1S/C5H12N2S2.ClH/c1-3-4(2)8-9-5(6)7;/h4H,3H2,1-2H3,(H3,6,7);1H. The summed E-state index contributed by atoms with van der Waals surface area (Å²) in [5.74, 6) is 0. The Kier molecular flexibility index (Phi) is 9.90. The van der Waals surface area contributed by atoms with Crippen LogP contribution in [0.2, 0.25) is 0 Å². The fourth-order valence-electron chi connectivity index (χ4n) is 0.202. The van der Waals surface area contributed by atoms with Crippen LogP contribution in [0.1, 0.15) is 20.3 Å². The van der Waals surface area contributed by atoms with Gasteiger partial charge in [-0.25, -0.2) is 0 Å². The van der Waals surface area contributed by atoms with Crippen molar-refractivity contribution in [3.8, 4) is 0 Å². The second-order valence-electron chi connectivity index (χ2n) is 1.76. The minimum atomic E-state index is 0. The van der Waals surface area contributed by atoms with Crippen molar-refractivity contribution in [1.82, 2.24) is 0 Å². The summed E-state index contributed by atoms with van der Waals surface area (Å²) in [5, 5.41) is 7.67. The number of nitrogens with two attached hydrogens (primary N) is 1. The van der Waals surface area contributed by atoms with E-state index in [0.29, 0.717) is 5.25 Å². The zero-order chi connectivity index (χ0) is 7.28. The van der Waals surface area contributed by atoms with E-state index in [0.717, 1.165) is 6.42 Å². The van der Waals surface area contributed by atoms with E-state index in [-0.39, 0.29) is 17.6 Å². The maximum atomic E-state index is 6.88. The van der Waals surface area contributed by atoms with Gasteiger partial charge in [0.15, 0.2) is 5.17 Å². The topological polar surface area (TPSA) is 49.9 Å². The molecule has 0 aromatic rings. The van der Waals surface area contributed by atoms with Crippen LogP contribution < -0.4 is 5.73 Å². The molecule has 1 atom stereocenters. The molecule has 0 aliphatic carbocycles. The average Bonchev–Trinajstić information content (AvgIpc) is 1.83. The lowest BCUT2D eigenvalue weighted by atomic mass is 10.4. The van der Waals surface area contributed by atoms with E-state index < -0.39 is 0 Å². The van der Waals surface area contributed by atoms with Gasteiger partial charge in [-0.2, -0.15) is 0 Å². The fraction of sp³-hybridized carbons (Fsp3) is 0.800. The first-order valence-electron chi connectivity index (χ1n) is 2.84. The predicted octanol–water partition coefficient (Wildman–Crippen LogP) is 2.48. The van der Waals surface area contributed by atoms with Gasteiger partial charge in [0, 0.05) is 5.25 Å². The lowest BCUT2D eigenvalue weighted by molar-refractivity contribution is 0.912. The monoisotopic (exact) mass is 200 g/mol. The molecule has 10 heavy (non-hydrogen) atoms. The Labute approximate surface area is 76.0 Å². The SMILES string of the molecule is CCC(C)SSC(=N)N.Cl. The molecule has 2 nitrogen and oxygen atoms in total. The number of rotatable bonds is 3.